The number of pyridine rings is 1. The summed E-state index contributed by atoms with van der Waals surface area (Å²) >= 11 is 0. The quantitative estimate of drug-likeness (QED) is 0.880. The first-order valence-corrected chi connectivity index (χ1v) is 7.75. The Morgan fingerprint density at radius 3 is 2.68 bits per heavy atom. The summed E-state index contributed by atoms with van der Waals surface area (Å²) in [5.74, 6) is 1.97. The Labute approximate surface area is 130 Å². The second-order valence-corrected chi connectivity index (χ2v) is 5.83. The molecule has 1 fully saturated rings. The van der Waals surface area contributed by atoms with Gasteiger partial charge < -0.3 is 19.9 Å². The van der Waals surface area contributed by atoms with Crippen LogP contribution in [0.1, 0.15) is 25.2 Å². The summed E-state index contributed by atoms with van der Waals surface area (Å²) in [4.78, 5) is 14.1. The first-order valence-electron chi connectivity index (χ1n) is 7.75. The van der Waals surface area contributed by atoms with Gasteiger partial charge in [0.2, 0.25) is 0 Å². The predicted octanol–water partition coefficient (Wildman–Crippen LogP) is 1.71. The van der Waals surface area contributed by atoms with Crippen molar-refractivity contribution in [3.8, 4) is 0 Å². The maximum absolute atomic E-state index is 5.76. The topological polar surface area (TPSA) is 66.1 Å². The zero-order valence-corrected chi connectivity index (χ0v) is 13.1. The molecular formula is C16H23N5O. The molecule has 0 amide bonds. The van der Waals surface area contributed by atoms with Crippen molar-refractivity contribution in [3.05, 3.63) is 42.1 Å². The molecule has 1 aliphatic heterocycles. The first kappa shape index (κ1) is 15.0. The molecule has 1 aliphatic rings. The summed E-state index contributed by atoms with van der Waals surface area (Å²) < 4.78 is 5.76. The molecule has 0 aliphatic carbocycles. The van der Waals surface area contributed by atoms with Gasteiger partial charge in [-0.25, -0.2) is 9.97 Å². The van der Waals surface area contributed by atoms with Crippen molar-refractivity contribution in [1.29, 1.82) is 0 Å². The molecule has 6 nitrogen and oxygen atoms in total. The van der Waals surface area contributed by atoms with E-state index in [2.05, 4.69) is 51.1 Å². The van der Waals surface area contributed by atoms with Gasteiger partial charge in [0.05, 0.1) is 18.8 Å². The highest BCUT2D eigenvalue weighted by Crippen LogP contribution is 2.18. The molecule has 6 heteroatoms. The van der Waals surface area contributed by atoms with E-state index in [1.807, 2.05) is 12.4 Å². The molecule has 2 aromatic rings. The number of morpholine rings is 1. The monoisotopic (exact) mass is 301 g/mol. The number of anilines is 1. The number of rotatable bonds is 5. The minimum Gasteiger partial charge on any atom is -0.372 e. The van der Waals surface area contributed by atoms with Crippen LogP contribution in [0.5, 0.6) is 0 Å². The van der Waals surface area contributed by atoms with Gasteiger partial charge in [0.1, 0.15) is 11.6 Å². The summed E-state index contributed by atoms with van der Waals surface area (Å²) in [6.07, 6.45) is 6.03. The van der Waals surface area contributed by atoms with Gasteiger partial charge in [-0.3, -0.25) is 0 Å². The lowest BCUT2D eigenvalue weighted by atomic mass is 10.2. The molecule has 2 atom stereocenters. The normalized spacial score (nSPS) is 22.0. The second kappa shape index (κ2) is 6.89. The van der Waals surface area contributed by atoms with Crippen molar-refractivity contribution in [1.82, 2.24) is 20.3 Å². The van der Waals surface area contributed by atoms with Crippen LogP contribution < -0.4 is 10.2 Å². The molecule has 118 valence electrons. The third kappa shape index (κ3) is 3.84. The standard InChI is InChI=1S/C16H23N5O/c1-12-10-21(11-13(2)22-12)16-4-3-14(8-20-16)7-17-9-15-18-5-6-19-15/h3-6,8,12-13,17H,7,9-11H2,1-2H3,(H,18,19)/t12-,13+. The number of hydrogen-bond donors (Lipinski definition) is 2. The molecule has 1 saturated heterocycles. The molecule has 0 spiro atoms. The fourth-order valence-electron chi connectivity index (χ4n) is 2.79. The van der Waals surface area contributed by atoms with Gasteiger partial charge in [0.15, 0.2) is 0 Å². The molecule has 0 bridgehead atoms. The minimum atomic E-state index is 0.250. The van der Waals surface area contributed by atoms with Crippen molar-refractivity contribution in [2.24, 2.45) is 0 Å². The highest BCUT2D eigenvalue weighted by Gasteiger charge is 2.22. The molecular weight excluding hydrogens is 278 g/mol. The largest absolute Gasteiger partial charge is 0.372 e. The number of imidazole rings is 1. The third-order valence-corrected chi connectivity index (χ3v) is 3.73. The van der Waals surface area contributed by atoms with Crippen molar-refractivity contribution < 1.29 is 4.74 Å². The van der Waals surface area contributed by atoms with Gasteiger partial charge in [-0.1, -0.05) is 6.07 Å². The molecule has 2 N–H and O–H groups in total. The number of aromatic amines is 1. The number of nitrogens with zero attached hydrogens (tertiary/aromatic N) is 3. The van der Waals surface area contributed by atoms with Crippen LogP contribution >= 0.6 is 0 Å². The lowest BCUT2D eigenvalue weighted by molar-refractivity contribution is -0.00545. The van der Waals surface area contributed by atoms with Gasteiger partial charge in [0.25, 0.3) is 0 Å². The molecule has 0 aromatic carbocycles. The molecule has 0 radical (unpaired) electrons. The second-order valence-electron chi connectivity index (χ2n) is 5.83. The van der Waals surface area contributed by atoms with Crippen LogP contribution in [0.15, 0.2) is 30.7 Å². The van der Waals surface area contributed by atoms with Crippen molar-refractivity contribution in [3.63, 3.8) is 0 Å². The Hall–Kier alpha value is -1.92. The van der Waals surface area contributed by atoms with E-state index in [1.165, 1.54) is 5.56 Å². The summed E-state index contributed by atoms with van der Waals surface area (Å²) in [6.45, 7) is 7.52. The number of hydrogen-bond acceptors (Lipinski definition) is 5. The molecule has 3 rings (SSSR count). The van der Waals surface area contributed by atoms with Gasteiger partial charge in [-0.15, -0.1) is 0 Å². The van der Waals surface area contributed by atoms with E-state index in [0.717, 1.165) is 37.8 Å². The van der Waals surface area contributed by atoms with Gasteiger partial charge in [0, 0.05) is 38.2 Å². The zero-order chi connectivity index (χ0) is 15.4. The van der Waals surface area contributed by atoms with Crippen LogP contribution in [-0.4, -0.2) is 40.2 Å². The average Bonchev–Trinajstić information content (AvgIpc) is 3.00. The maximum Gasteiger partial charge on any atom is 0.128 e. The van der Waals surface area contributed by atoms with Crippen molar-refractivity contribution in [2.75, 3.05) is 18.0 Å². The van der Waals surface area contributed by atoms with E-state index in [0.29, 0.717) is 0 Å². The van der Waals surface area contributed by atoms with Gasteiger partial charge >= 0.3 is 0 Å². The van der Waals surface area contributed by atoms with E-state index >= 15 is 0 Å². The van der Waals surface area contributed by atoms with Crippen LogP contribution in [0.3, 0.4) is 0 Å². The van der Waals surface area contributed by atoms with E-state index in [1.54, 1.807) is 6.20 Å². The van der Waals surface area contributed by atoms with E-state index in [-0.39, 0.29) is 12.2 Å². The minimum absolute atomic E-state index is 0.250. The van der Waals surface area contributed by atoms with Crippen molar-refractivity contribution in [2.45, 2.75) is 39.1 Å². The van der Waals surface area contributed by atoms with Crippen molar-refractivity contribution >= 4 is 5.82 Å². The SMILES string of the molecule is C[C@@H]1CN(c2ccc(CNCc3ncc[nH]3)cn2)C[C@H](C)O1. The number of aromatic nitrogens is 3. The van der Waals surface area contributed by atoms with E-state index in [4.69, 9.17) is 4.74 Å². The lowest BCUT2D eigenvalue weighted by Gasteiger charge is -2.36. The Balaban J connectivity index is 1.53. The van der Waals surface area contributed by atoms with Crippen LogP contribution in [0, 0.1) is 0 Å². The fraction of sp³-hybridized carbons (Fsp3) is 0.500. The molecule has 3 heterocycles. The highest BCUT2D eigenvalue weighted by atomic mass is 16.5. The predicted molar refractivity (Wildman–Crippen MR) is 85.6 cm³/mol. The summed E-state index contributed by atoms with van der Waals surface area (Å²) in [5, 5.41) is 3.35. The lowest BCUT2D eigenvalue weighted by Crippen LogP contribution is -2.45. The van der Waals surface area contributed by atoms with Gasteiger partial charge in [-0.05, 0) is 25.5 Å². The van der Waals surface area contributed by atoms with Gasteiger partial charge in [-0.2, -0.15) is 0 Å². The Morgan fingerprint density at radius 2 is 2.05 bits per heavy atom. The van der Waals surface area contributed by atoms with E-state index in [9.17, 15) is 0 Å². The zero-order valence-electron chi connectivity index (χ0n) is 13.1. The van der Waals surface area contributed by atoms with Crippen LogP contribution in [0.4, 0.5) is 5.82 Å². The molecule has 2 aromatic heterocycles. The number of ether oxygens (including phenoxy) is 1. The van der Waals surface area contributed by atoms with Crippen LogP contribution in [-0.2, 0) is 17.8 Å². The summed E-state index contributed by atoms with van der Waals surface area (Å²) in [7, 11) is 0. The molecule has 22 heavy (non-hydrogen) atoms. The first-order chi connectivity index (χ1) is 10.7. The van der Waals surface area contributed by atoms with E-state index < -0.39 is 0 Å². The number of H-pyrrole nitrogens is 1. The molecule has 0 saturated carbocycles. The third-order valence-electron chi connectivity index (χ3n) is 3.73. The number of nitrogens with one attached hydrogen (secondary N) is 2. The van der Waals surface area contributed by atoms with Crippen LogP contribution in [0.25, 0.3) is 0 Å². The smallest absolute Gasteiger partial charge is 0.128 e. The fourth-order valence-corrected chi connectivity index (χ4v) is 2.79. The highest BCUT2D eigenvalue weighted by molar-refractivity contribution is 5.40. The van der Waals surface area contributed by atoms with Crippen LogP contribution in [0.2, 0.25) is 0 Å². The summed E-state index contributed by atoms with van der Waals surface area (Å²) in [5.41, 5.74) is 1.17. The average molecular weight is 301 g/mol. The Kier molecular flexibility index (Phi) is 4.70. The molecule has 0 unspecified atom stereocenters. The maximum atomic E-state index is 5.76. The Morgan fingerprint density at radius 1 is 1.23 bits per heavy atom. The summed E-state index contributed by atoms with van der Waals surface area (Å²) in [6, 6.07) is 4.22. The Bertz CT molecular complexity index is 559.